The van der Waals surface area contributed by atoms with Gasteiger partial charge in [-0.3, -0.25) is 14.6 Å². The smallest absolute Gasteiger partial charge is 0.255 e. The zero-order valence-electron chi connectivity index (χ0n) is 16.0. The highest BCUT2D eigenvalue weighted by Gasteiger charge is 2.39. The third-order valence-corrected chi connectivity index (χ3v) is 7.75. The van der Waals surface area contributed by atoms with Gasteiger partial charge in [0.15, 0.2) is 0 Å². The van der Waals surface area contributed by atoms with Gasteiger partial charge in [0, 0.05) is 67.5 Å². The molecule has 4 atom stereocenters. The van der Waals surface area contributed by atoms with Crippen molar-refractivity contribution in [2.24, 2.45) is 5.92 Å². The molecule has 28 heavy (non-hydrogen) atoms. The fourth-order valence-corrected chi connectivity index (χ4v) is 6.41. The number of rotatable bonds is 4. The zero-order chi connectivity index (χ0) is 18.7. The number of hydrogen-bond acceptors (Lipinski definition) is 6. The fourth-order valence-electron chi connectivity index (χ4n) is 5.75. The van der Waals surface area contributed by atoms with E-state index < -0.39 is 0 Å². The number of morpholine rings is 1. The molecule has 0 unspecified atom stereocenters. The van der Waals surface area contributed by atoms with E-state index >= 15 is 0 Å². The summed E-state index contributed by atoms with van der Waals surface area (Å²) >= 11 is 1.73. The lowest BCUT2D eigenvalue weighted by molar-refractivity contribution is 0.0270. The monoisotopic (exact) mass is 398 g/mol. The summed E-state index contributed by atoms with van der Waals surface area (Å²) in [6.07, 6.45) is 4.61. The van der Waals surface area contributed by atoms with Crippen LogP contribution >= 0.6 is 11.3 Å². The van der Waals surface area contributed by atoms with Gasteiger partial charge >= 0.3 is 0 Å². The summed E-state index contributed by atoms with van der Waals surface area (Å²) < 4.78 is 7.80. The van der Waals surface area contributed by atoms with Gasteiger partial charge in [-0.15, -0.1) is 11.3 Å². The number of aromatic nitrogens is 2. The van der Waals surface area contributed by atoms with Crippen molar-refractivity contribution in [2.45, 2.75) is 50.5 Å². The van der Waals surface area contributed by atoms with Crippen LogP contribution in [0, 0.1) is 5.92 Å². The predicted molar refractivity (Wildman–Crippen MR) is 107 cm³/mol. The normalized spacial score (nSPS) is 32.0. The molecule has 4 aliphatic rings. The van der Waals surface area contributed by atoms with Crippen LogP contribution < -0.4 is 5.56 Å². The van der Waals surface area contributed by atoms with Gasteiger partial charge in [0.25, 0.3) is 5.56 Å². The van der Waals surface area contributed by atoms with Crippen molar-refractivity contribution < 1.29 is 4.74 Å². The Labute approximate surface area is 168 Å². The molecule has 0 aromatic carbocycles. The van der Waals surface area contributed by atoms with E-state index in [1.807, 2.05) is 6.20 Å². The van der Waals surface area contributed by atoms with E-state index in [2.05, 4.69) is 36.9 Å². The molecule has 3 fully saturated rings. The van der Waals surface area contributed by atoms with Gasteiger partial charge < -0.3 is 9.30 Å². The van der Waals surface area contributed by atoms with Crippen molar-refractivity contribution in [1.82, 2.24) is 19.4 Å². The number of piperidine rings is 1. The summed E-state index contributed by atoms with van der Waals surface area (Å²) in [5.41, 5.74) is 2.43. The minimum Gasteiger partial charge on any atom is -0.375 e. The maximum atomic E-state index is 13.3. The minimum absolute atomic E-state index is 0.240. The first-order chi connectivity index (χ1) is 13.7. The molecule has 148 valence electrons. The summed E-state index contributed by atoms with van der Waals surface area (Å²) in [7, 11) is 0. The van der Waals surface area contributed by atoms with Crippen molar-refractivity contribution in [3.63, 3.8) is 0 Å². The van der Waals surface area contributed by atoms with Crippen LogP contribution in [0.5, 0.6) is 0 Å². The van der Waals surface area contributed by atoms with Gasteiger partial charge in [-0.1, -0.05) is 6.07 Å². The van der Waals surface area contributed by atoms with Crippen molar-refractivity contribution >= 4 is 11.3 Å². The average molecular weight is 399 g/mol. The maximum absolute atomic E-state index is 13.3. The Balaban J connectivity index is 1.23. The van der Waals surface area contributed by atoms with Crippen LogP contribution in [-0.2, 0) is 24.4 Å². The molecule has 0 N–H and O–H groups in total. The van der Waals surface area contributed by atoms with E-state index in [1.54, 1.807) is 11.3 Å². The van der Waals surface area contributed by atoms with Gasteiger partial charge in [0.2, 0.25) is 0 Å². The van der Waals surface area contributed by atoms with Crippen LogP contribution in [0.2, 0.25) is 0 Å². The number of likely N-dealkylation sites (tertiary alicyclic amines) is 2. The van der Waals surface area contributed by atoms with Gasteiger partial charge in [-0.25, -0.2) is 4.98 Å². The maximum Gasteiger partial charge on any atom is 0.255 e. The van der Waals surface area contributed by atoms with Crippen LogP contribution in [-0.4, -0.2) is 57.7 Å². The van der Waals surface area contributed by atoms with Crippen LogP contribution in [0.25, 0.3) is 0 Å². The molecule has 0 saturated carbocycles. The molecule has 2 aromatic rings. The van der Waals surface area contributed by atoms with Gasteiger partial charge in [0.05, 0.1) is 19.3 Å². The van der Waals surface area contributed by atoms with E-state index in [1.165, 1.54) is 17.1 Å². The third-order valence-electron chi connectivity index (χ3n) is 6.99. The van der Waals surface area contributed by atoms with E-state index in [0.29, 0.717) is 24.0 Å². The highest BCUT2D eigenvalue weighted by molar-refractivity contribution is 7.09. The van der Waals surface area contributed by atoms with E-state index in [-0.39, 0.29) is 5.56 Å². The third kappa shape index (κ3) is 2.96. The Kier molecular flexibility index (Phi) is 4.19. The molecule has 0 aliphatic carbocycles. The largest absolute Gasteiger partial charge is 0.375 e. The van der Waals surface area contributed by atoms with E-state index in [0.717, 1.165) is 57.9 Å². The average Bonchev–Trinajstić information content (AvgIpc) is 3.43. The van der Waals surface area contributed by atoms with Crippen LogP contribution in [0.15, 0.2) is 28.5 Å². The molecule has 4 bridgehead atoms. The molecule has 0 spiro atoms. The van der Waals surface area contributed by atoms with Crippen molar-refractivity contribution in [1.29, 1.82) is 0 Å². The fraction of sp³-hybridized carbons (Fsp3) is 0.619. The van der Waals surface area contributed by atoms with Crippen molar-refractivity contribution in [2.75, 3.05) is 26.2 Å². The molecule has 6 nitrogen and oxygen atoms in total. The van der Waals surface area contributed by atoms with Gasteiger partial charge in [-0.2, -0.15) is 0 Å². The summed E-state index contributed by atoms with van der Waals surface area (Å²) in [6.45, 7) is 6.48. The van der Waals surface area contributed by atoms with Gasteiger partial charge in [-0.05, 0) is 24.8 Å². The Bertz CT molecular complexity index is 927. The number of ether oxygens (including phenoxy) is 1. The Hall–Kier alpha value is -1.54. The number of thiazole rings is 1. The first-order valence-corrected chi connectivity index (χ1v) is 11.3. The molecular formula is C21H26N4O2S. The lowest BCUT2D eigenvalue weighted by atomic mass is 9.83. The van der Waals surface area contributed by atoms with Crippen molar-refractivity contribution in [3.05, 3.63) is 50.3 Å². The Morgan fingerprint density at radius 3 is 2.89 bits per heavy atom. The molecule has 7 heteroatoms. The molecule has 4 aliphatic heterocycles. The highest BCUT2D eigenvalue weighted by Crippen LogP contribution is 2.36. The standard InChI is InChI=1S/C21H26N4O2S/c26-21-15(10-24-11-18-6-17(24)13-27-18)1-2-19-16-5-14(8-25(19)21)7-23(9-16)12-20-22-3-4-28-20/h1-4,14,16-18H,5-13H2/t14-,16+,17+,18+/m0/s1. The molecule has 3 saturated heterocycles. The lowest BCUT2D eigenvalue weighted by Crippen LogP contribution is -2.47. The second kappa shape index (κ2) is 6.76. The number of pyridine rings is 1. The summed E-state index contributed by atoms with van der Waals surface area (Å²) in [5.74, 6) is 1.03. The quantitative estimate of drug-likeness (QED) is 0.787. The first kappa shape index (κ1) is 17.3. The highest BCUT2D eigenvalue weighted by atomic mass is 32.1. The second-order valence-electron chi connectivity index (χ2n) is 8.89. The molecule has 0 radical (unpaired) electrons. The van der Waals surface area contributed by atoms with Crippen molar-refractivity contribution in [3.8, 4) is 0 Å². The SMILES string of the molecule is O=c1c(CN2C[C@H]3C[C@@H]2CO3)ccc2n1C[C@H]1C[C@@H]2CN(Cc2nccs2)C1. The van der Waals surface area contributed by atoms with Crippen LogP contribution in [0.4, 0.5) is 0 Å². The first-order valence-electron chi connectivity index (χ1n) is 10.4. The molecule has 6 heterocycles. The molecule has 2 aromatic heterocycles. The molecule has 6 rings (SSSR count). The second-order valence-corrected chi connectivity index (χ2v) is 9.87. The van der Waals surface area contributed by atoms with E-state index in [9.17, 15) is 4.79 Å². The Morgan fingerprint density at radius 2 is 2.11 bits per heavy atom. The zero-order valence-corrected chi connectivity index (χ0v) is 16.8. The molecule has 0 amide bonds. The number of hydrogen-bond donors (Lipinski definition) is 0. The predicted octanol–water partition coefficient (Wildman–Crippen LogP) is 1.90. The number of fused-ring (bicyclic) bond motifs is 6. The van der Waals surface area contributed by atoms with Gasteiger partial charge in [0.1, 0.15) is 5.01 Å². The van der Waals surface area contributed by atoms with Crippen LogP contribution in [0.1, 0.15) is 35.0 Å². The number of nitrogens with zero attached hydrogens (tertiary/aromatic N) is 4. The summed E-state index contributed by atoms with van der Waals surface area (Å²) in [5, 5.41) is 3.24. The van der Waals surface area contributed by atoms with Crippen LogP contribution in [0.3, 0.4) is 0 Å². The summed E-state index contributed by atoms with van der Waals surface area (Å²) in [4.78, 5) is 22.7. The summed E-state index contributed by atoms with van der Waals surface area (Å²) in [6, 6.07) is 4.83. The topological polar surface area (TPSA) is 50.6 Å². The Morgan fingerprint density at radius 1 is 1.14 bits per heavy atom. The molecular weight excluding hydrogens is 372 g/mol. The lowest BCUT2D eigenvalue weighted by Gasteiger charge is -2.42. The minimum atomic E-state index is 0.240. The van der Waals surface area contributed by atoms with E-state index in [4.69, 9.17) is 4.74 Å².